The number of benzene rings is 1. The summed E-state index contributed by atoms with van der Waals surface area (Å²) < 4.78 is 26.1. The number of carbonyl (C=O) groups excluding carboxylic acids is 1. The van der Waals surface area contributed by atoms with Crippen LogP contribution in [0.4, 0.5) is 4.39 Å². The second-order valence-electron chi connectivity index (χ2n) is 7.89. The van der Waals surface area contributed by atoms with E-state index >= 15 is 0 Å². The number of carbonyl (C=O) groups is 1. The van der Waals surface area contributed by atoms with Crippen LogP contribution in [0.3, 0.4) is 0 Å². The monoisotopic (exact) mass is 384 g/mol. The molecule has 0 radical (unpaired) electrons. The molecule has 1 N–H and O–H groups in total. The Hall–Kier alpha value is -1.15. The van der Waals surface area contributed by atoms with Gasteiger partial charge in [0.25, 0.3) is 5.91 Å². The number of likely N-dealkylation sites (N-methyl/N-ethyl adjacent to an activating group) is 1. The Morgan fingerprint density at radius 2 is 1.85 bits per heavy atom. The summed E-state index contributed by atoms with van der Waals surface area (Å²) in [6, 6.07) is 4.63. The third kappa shape index (κ3) is 3.91. The molecule has 2 heterocycles. The van der Waals surface area contributed by atoms with Gasteiger partial charge in [0.1, 0.15) is 5.82 Å². The van der Waals surface area contributed by atoms with Crippen molar-refractivity contribution in [3.63, 3.8) is 0 Å². The van der Waals surface area contributed by atoms with Gasteiger partial charge in [-0.15, -0.1) is 12.4 Å². The van der Waals surface area contributed by atoms with Gasteiger partial charge in [-0.2, -0.15) is 0 Å². The number of nitrogens with zero attached hydrogens (tertiary/aromatic N) is 1. The summed E-state index contributed by atoms with van der Waals surface area (Å²) in [5.74, 6) is -0.616. The summed E-state index contributed by atoms with van der Waals surface area (Å²) in [7, 11) is 1.20. The highest BCUT2D eigenvalue weighted by Crippen LogP contribution is 2.36. The molecule has 0 aromatic heterocycles. The van der Waals surface area contributed by atoms with Gasteiger partial charge in [0.05, 0.1) is 11.2 Å². The fourth-order valence-corrected chi connectivity index (χ4v) is 3.21. The van der Waals surface area contributed by atoms with Gasteiger partial charge in [-0.1, -0.05) is 0 Å². The maximum Gasteiger partial charge on any atom is 0.494 e. The standard InChI is InChI=1S/C18H26BFN2O3.ClH/c1-17(2)18(3,4)25-19(24-17)13-8-12(9-14(20)10-13)16(23)22-7-6-15(11-22)21-5;/h8-10,15,21H,6-7,11H2,1-5H3;1H/t15-;/m1./s1. The topological polar surface area (TPSA) is 50.8 Å². The zero-order valence-electron chi connectivity index (χ0n) is 16.0. The zero-order valence-corrected chi connectivity index (χ0v) is 16.8. The molecule has 0 saturated carbocycles. The van der Waals surface area contributed by atoms with Gasteiger partial charge in [0.15, 0.2) is 0 Å². The normalized spacial score (nSPS) is 23.8. The minimum Gasteiger partial charge on any atom is -0.399 e. The SMILES string of the molecule is CN[C@@H]1CCN(C(=O)c2cc(F)cc(B3OC(C)(C)C(C)(C)O3)c2)C1.Cl. The van der Waals surface area contributed by atoms with E-state index in [1.165, 1.54) is 12.1 Å². The smallest absolute Gasteiger partial charge is 0.399 e. The van der Waals surface area contributed by atoms with Crippen LogP contribution in [0.15, 0.2) is 18.2 Å². The van der Waals surface area contributed by atoms with Gasteiger partial charge >= 0.3 is 7.12 Å². The summed E-state index contributed by atoms with van der Waals surface area (Å²) in [6.07, 6.45) is 0.904. The second kappa shape index (κ2) is 7.47. The molecule has 0 unspecified atom stereocenters. The molecule has 2 fully saturated rings. The first kappa shape index (κ1) is 21.2. The molecule has 1 aromatic carbocycles. The van der Waals surface area contributed by atoms with E-state index in [9.17, 15) is 9.18 Å². The first-order valence-corrected chi connectivity index (χ1v) is 8.75. The highest BCUT2D eigenvalue weighted by Gasteiger charge is 2.51. The van der Waals surface area contributed by atoms with Crippen molar-refractivity contribution < 1.29 is 18.5 Å². The average Bonchev–Trinajstić information content (AvgIpc) is 3.08. The predicted molar refractivity (Wildman–Crippen MR) is 103 cm³/mol. The van der Waals surface area contributed by atoms with E-state index in [1.54, 1.807) is 11.0 Å². The molecule has 3 rings (SSSR count). The summed E-state index contributed by atoms with van der Waals surface area (Å²) in [5.41, 5.74) is -0.153. The zero-order chi connectivity index (χ0) is 18.4. The maximum absolute atomic E-state index is 14.2. The van der Waals surface area contributed by atoms with Crippen molar-refractivity contribution in [2.24, 2.45) is 0 Å². The number of rotatable bonds is 3. The maximum atomic E-state index is 14.2. The van der Waals surface area contributed by atoms with Crippen molar-refractivity contribution in [1.82, 2.24) is 10.2 Å². The summed E-state index contributed by atoms with van der Waals surface area (Å²) in [5, 5.41) is 3.18. The van der Waals surface area contributed by atoms with E-state index < -0.39 is 24.1 Å². The molecule has 0 bridgehead atoms. The van der Waals surface area contributed by atoms with Gasteiger partial charge in [0, 0.05) is 24.7 Å². The van der Waals surface area contributed by atoms with Gasteiger partial charge in [-0.3, -0.25) is 4.79 Å². The lowest BCUT2D eigenvalue weighted by Gasteiger charge is -2.32. The number of hydrogen-bond donors (Lipinski definition) is 1. The van der Waals surface area contributed by atoms with E-state index in [0.29, 0.717) is 30.2 Å². The molecule has 0 aliphatic carbocycles. The molecule has 1 aromatic rings. The van der Waals surface area contributed by atoms with Crippen molar-refractivity contribution in [2.45, 2.75) is 51.4 Å². The molecule has 2 aliphatic rings. The number of hydrogen-bond acceptors (Lipinski definition) is 4. The average molecular weight is 385 g/mol. The van der Waals surface area contributed by atoms with Crippen LogP contribution in [0.25, 0.3) is 0 Å². The van der Waals surface area contributed by atoms with Gasteiger partial charge in [-0.25, -0.2) is 4.39 Å². The third-order valence-corrected chi connectivity index (χ3v) is 5.58. The Kier molecular flexibility index (Phi) is 6.08. The van der Waals surface area contributed by atoms with Crippen LogP contribution in [-0.4, -0.2) is 55.3 Å². The Morgan fingerprint density at radius 1 is 1.23 bits per heavy atom. The minimum atomic E-state index is -0.684. The number of amides is 1. The fourth-order valence-electron chi connectivity index (χ4n) is 3.21. The summed E-state index contributed by atoms with van der Waals surface area (Å²) >= 11 is 0. The Morgan fingerprint density at radius 3 is 2.38 bits per heavy atom. The van der Waals surface area contributed by atoms with E-state index in [1.807, 2.05) is 34.7 Å². The van der Waals surface area contributed by atoms with Crippen LogP contribution in [0, 0.1) is 5.82 Å². The van der Waals surface area contributed by atoms with Crippen LogP contribution >= 0.6 is 12.4 Å². The molecular weight excluding hydrogens is 357 g/mol. The van der Waals surface area contributed by atoms with E-state index in [-0.39, 0.29) is 18.3 Å². The van der Waals surface area contributed by atoms with Crippen molar-refractivity contribution in [3.8, 4) is 0 Å². The van der Waals surface area contributed by atoms with Crippen LogP contribution in [0.1, 0.15) is 44.5 Å². The largest absolute Gasteiger partial charge is 0.494 e. The third-order valence-electron chi connectivity index (χ3n) is 5.58. The molecule has 2 saturated heterocycles. The van der Waals surface area contributed by atoms with Crippen molar-refractivity contribution in [1.29, 1.82) is 0 Å². The number of halogens is 2. The first-order chi connectivity index (χ1) is 11.6. The predicted octanol–water partition coefficient (Wildman–Crippen LogP) is 1.98. The minimum absolute atomic E-state index is 0. The quantitative estimate of drug-likeness (QED) is 0.810. The van der Waals surface area contributed by atoms with Crippen molar-refractivity contribution in [2.75, 3.05) is 20.1 Å². The van der Waals surface area contributed by atoms with Gasteiger partial charge in [0.2, 0.25) is 0 Å². The number of likely N-dealkylation sites (tertiary alicyclic amines) is 1. The van der Waals surface area contributed by atoms with Crippen LogP contribution in [0.5, 0.6) is 0 Å². The molecular formula is C18H27BClFN2O3. The van der Waals surface area contributed by atoms with Crippen LogP contribution in [0.2, 0.25) is 0 Å². The van der Waals surface area contributed by atoms with E-state index in [2.05, 4.69) is 5.32 Å². The fraction of sp³-hybridized carbons (Fsp3) is 0.611. The number of nitrogens with one attached hydrogen (secondary N) is 1. The van der Waals surface area contributed by atoms with Crippen LogP contribution in [-0.2, 0) is 9.31 Å². The second-order valence-corrected chi connectivity index (χ2v) is 7.89. The highest BCUT2D eigenvalue weighted by molar-refractivity contribution is 6.62. The van der Waals surface area contributed by atoms with Crippen molar-refractivity contribution in [3.05, 3.63) is 29.6 Å². The Labute approximate surface area is 161 Å². The lowest BCUT2D eigenvalue weighted by molar-refractivity contribution is 0.00578. The molecule has 1 amide bonds. The molecule has 0 spiro atoms. The molecule has 1 atom stereocenters. The first-order valence-electron chi connectivity index (χ1n) is 8.75. The molecule has 8 heteroatoms. The van der Waals surface area contributed by atoms with Crippen molar-refractivity contribution >= 4 is 30.9 Å². The van der Waals surface area contributed by atoms with Gasteiger partial charge in [-0.05, 0) is 64.8 Å². The summed E-state index contributed by atoms with van der Waals surface area (Å²) in [4.78, 5) is 14.5. The highest BCUT2D eigenvalue weighted by atomic mass is 35.5. The summed E-state index contributed by atoms with van der Waals surface area (Å²) in [6.45, 7) is 9.09. The van der Waals surface area contributed by atoms with E-state index in [0.717, 1.165) is 6.42 Å². The molecule has 5 nitrogen and oxygen atoms in total. The molecule has 26 heavy (non-hydrogen) atoms. The lowest BCUT2D eigenvalue weighted by Crippen LogP contribution is -2.41. The van der Waals surface area contributed by atoms with Gasteiger partial charge < -0.3 is 19.5 Å². The molecule has 2 aliphatic heterocycles. The Balaban J connectivity index is 0.00000243. The molecule has 144 valence electrons. The lowest BCUT2D eigenvalue weighted by atomic mass is 9.78. The van der Waals surface area contributed by atoms with Crippen LogP contribution < -0.4 is 10.8 Å². The Bertz CT molecular complexity index is 670. The van der Waals surface area contributed by atoms with E-state index in [4.69, 9.17) is 9.31 Å².